The average Bonchev–Trinajstić information content (AvgIpc) is 3.52. The van der Waals surface area contributed by atoms with E-state index in [1.807, 2.05) is 56.8 Å². The summed E-state index contributed by atoms with van der Waals surface area (Å²) in [6, 6.07) is 14.1. The fraction of sp³-hybridized carbons (Fsp3) is 0.385. The number of carbonyl (C=O) groups excluding carboxylic acids is 1. The van der Waals surface area contributed by atoms with E-state index in [2.05, 4.69) is 73.4 Å². The van der Waals surface area contributed by atoms with Crippen LogP contribution in [0.4, 0.5) is 11.4 Å². The van der Waals surface area contributed by atoms with Crippen molar-refractivity contribution in [2.24, 2.45) is 7.05 Å². The standard InChI is InChI=1S/C39H47Cl2N5O2/c1-23-12-13-28(21-35(23)45(8)17-16-44(6)7)42-39(47)33-22-32-31(14-15-34(40)37(32)36-26(4)43-46(9)27(36)5)30(33)11-10-18-48-29-19-24(2)38(41)25(3)20-29/h12-15,19-21H,10-11,16-18,22H2,1-9H3,(H,42,47). The molecule has 0 spiro atoms. The number of fused-ring (bicyclic) bond motifs is 1. The predicted molar refractivity (Wildman–Crippen MR) is 201 cm³/mol. The summed E-state index contributed by atoms with van der Waals surface area (Å²) in [5, 5.41) is 9.35. The molecule has 1 N–H and O–H groups in total. The Bertz CT molecular complexity index is 1870. The minimum absolute atomic E-state index is 0.0986. The van der Waals surface area contributed by atoms with Gasteiger partial charge in [0.15, 0.2) is 0 Å². The van der Waals surface area contributed by atoms with Crippen LogP contribution in [0, 0.1) is 34.6 Å². The molecule has 0 bridgehead atoms. The number of allylic oxidation sites excluding steroid dienone is 1. The van der Waals surface area contributed by atoms with Gasteiger partial charge in [0.2, 0.25) is 0 Å². The van der Waals surface area contributed by atoms with Crippen LogP contribution in [0.2, 0.25) is 10.0 Å². The van der Waals surface area contributed by atoms with E-state index >= 15 is 0 Å². The van der Waals surface area contributed by atoms with Crippen LogP contribution in [0.15, 0.2) is 48.0 Å². The monoisotopic (exact) mass is 687 g/mol. The second-order valence-electron chi connectivity index (χ2n) is 13.3. The van der Waals surface area contributed by atoms with E-state index in [4.69, 9.17) is 27.9 Å². The van der Waals surface area contributed by atoms with E-state index in [1.165, 1.54) is 0 Å². The number of benzene rings is 3. The molecule has 3 aromatic carbocycles. The number of carbonyl (C=O) groups is 1. The predicted octanol–water partition coefficient (Wildman–Crippen LogP) is 8.74. The zero-order valence-electron chi connectivity index (χ0n) is 29.6. The van der Waals surface area contributed by atoms with Gasteiger partial charge in [0.1, 0.15) is 5.75 Å². The van der Waals surface area contributed by atoms with E-state index in [0.717, 1.165) is 103 Å². The molecule has 1 aliphatic rings. The Morgan fingerprint density at radius 3 is 2.29 bits per heavy atom. The number of amides is 1. The molecule has 1 aromatic heterocycles. The summed E-state index contributed by atoms with van der Waals surface area (Å²) in [5.74, 6) is 0.703. The number of halogens is 2. The Morgan fingerprint density at radius 1 is 0.938 bits per heavy atom. The highest BCUT2D eigenvalue weighted by molar-refractivity contribution is 6.34. The van der Waals surface area contributed by atoms with Gasteiger partial charge in [0.25, 0.3) is 5.91 Å². The molecule has 5 rings (SSSR count). The third-order valence-corrected chi connectivity index (χ3v) is 10.3. The molecular weight excluding hydrogens is 641 g/mol. The Hall–Kier alpha value is -3.78. The van der Waals surface area contributed by atoms with Crippen molar-refractivity contribution in [1.29, 1.82) is 0 Å². The summed E-state index contributed by atoms with van der Waals surface area (Å²) in [5.41, 5.74) is 12.9. The van der Waals surface area contributed by atoms with Crippen molar-refractivity contribution < 1.29 is 9.53 Å². The van der Waals surface area contributed by atoms with E-state index in [9.17, 15) is 4.79 Å². The quantitative estimate of drug-likeness (QED) is 0.151. The number of hydrogen-bond acceptors (Lipinski definition) is 5. The highest BCUT2D eigenvalue weighted by Gasteiger charge is 2.31. The van der Waals surface area contributed by atoms with Gasteiger partial charge in [-0.1, -0.05) is 35.3 Å². The van der Waals surface area contributed by atoms with Crippen molar-refractivity contribution in [3.05, 3.63) is 97.3 Å². The Morgan fingerprint density at radius 2 is 1.65 bits per heavy atom. The topological polar surface area (TPSA) is 62.6 Å². The Kier molecular flexibility index (Phi) is 10.9. The first kappa shape index (κ1) is 35.5. The molecule has 0 saturated heterocycles. The molecule has 0 saturated carbocycles. The van der Waals surface area contributed by atoms with Crippen LogP contribution in [0.5, 0.6) is 5.75 Å². The molecule has 48 heavy (non-hydrogen) atoms. The average molecular weight is 689 g/mol. The summed E-state index contributed by atoms with van der Waals surface area (Å²) >= 11 is 13.3. The molecule has 0 atom stereocenters. The summed E-state index contributed by atoms with van der Waals surface area (Å²) in [6.45, 7) is 12.5. The number of rotatable bonds is 12. The van der Waals surface area contributed by atoms with E-state index in [0.29, 0.717) is 24.5 Å². The number of ether oxygens (including phenoxy) is 1. The number of anilines is 2. The molecule has 7 nitrogen and oxygen atoms in total. The Labute approximate surface area is 295 Å². The summed E-state index contributed by atoms with van der Waals surface area (Å²) in [7, 11) is 8.18. The number of nitrogens with zero attached hydrogens (tertiary/aromatic N) is 4. The molecule has 0 fully saturated rings. The van der Waals surface area contributed by atoms with Crippen LogP contribution in [-0.4, -0.2) is 61.4 Å². The van der Waals surface area contributed by atoms with Gasteiger partial charge in [-0.05, 0) is 125 Å². The van der Waals surface area contributed by atoms with Crippen molar-refractivity contribution in [3.8, 4) is 16.9 Å². The first-order chi connectivity index (χ1) is 22.8. The number of aryl methyl sites for hydroxylation is 5. The smallest absolute Gasteiger partial charge is 0.252 e. The van der Waals surface area contributed by atoms with Gasteiger partial charge in [0.05, 0.1) is 12.3 Å². The van der Waals surface area contributed by atoms with Gasteiger partial charge in [0, 0.05) is 77.4 Å². The SMILES string of the molecule is Cc1ccc(NC(=O)C2=C(CCCOc3cc(C)c(Cl)c(C)c3)c3ccc(Cl)c(-c4c(C)nn(C)c4C)c3C2)cc1N(C)CCN(C)C. The molecule has 1 heterocycles. The number of nitrogens with one attached hydrogen (secondary N) is 1. The van der Waals surface area contributed by atoms with Gasteiger partial charge in [-0.25, -0.2) is 0 Å². The van der Waals surface area contributed by atoms with Gasteiger partial charge in [-0.2, -0.15) is 5.10 Å². The second kappa shape index (κ2) is 14.8. The van der Waals surface area contributed by atoms with Crippen LogP contribution < -0.4 is 15.0 Å². The summed E-state index contributed by atoms with van der Waals surface area (Å²) in [4.78, 5) is 18.6. The summed E-state index contributed by atoms with van der Waals surface area (Å²) < 4.78 is 8.06. The molecule has 1 amide bonds. The van der Waals surface area contributed by atoms with Crippen molar-refractivity contribution in [2.75, 3.05) is 51.1 Å². The van der Waals surface area contributed by atoms with Crippen LogP contribution in [-0.2, 0) is 18.3 Å². The zero-order valence-corrected chi connectivity index (χ0v) is 31.2. The first-order valence-electron chi connectivity index (χ1n) is 16.5. The van der Waals surface area contributed by atoms with E-state index < -0.39 is 0 Å². The molecule has 0 aliphatic heterocycles. The van der Waals surface area contributed by atoms with Crippen LogP contribution in [0.1, 0.15) is 52.0 Å². The molecule has 9 heteroatoms. The van der Waals surface area contributed by atoms with E-state index in [1.54, 1.807) is 0 Å². The van der Waals surface area contributed by atoms with Crippen LogP contribution >= 0.6 is 23.2 Å². The maximum Gasteiger partial charge on any atom is 0.252 e. The lowest BCUT2D eigenvalue weighted by Crippen LogP contribution is -2.29. The van der Waals surface area contributed by atoms with Gasteiger partial charge < -0.3 is 19.9 Å². The zero-order chi connectivity index (χ0) is 34.9. The molecule has 0 radical (unpaired) electrons. The lowest BCUT2D eigenvalue weighted by Gasteiger charge is -2.24. The highest BCUT2D eigenvalue weighted by Crippen LogP contribution is 2.45. The molecule has 0 unspecified atom stereocenters. The highest BCUT2D eigenvalue weighted by atomic mass is 35.5. The van der Waals surface area contributed by atoms with Crippen LogP contribution in [0.3, 0.4) is 0 Å². The maximum atomic E-state index is 14.2. The van der Waals surface area contributed by atoms with Crippen molar-refractivity contribution in [3.63, 3.8) is 0 Å². The minimum atomic E-state index is -0.0986. The number of aromatic nitrogens is 2. The third kappa shape index (κ3) is 7.44. The lowest BCUT2D eigenvalue weighted by molar-refractivity contribution is -0.112. The van der Waals surface area contributed by atoms with E-state index in [-0.39, 0.29) is 5.91 Å². The first-order valence-corrected chi connectivity index (χ1v) is 17.2. The van der Waals surface area contributed by atoms with Crippen molar-refractivity contribution >= 4 is 46.1 Å². The normalized spacial score (nSPS) is 12.6. The second-order valence-corrected chi connectivity index (χ2v) is 14.0. The summed E-state index contributed by atoms with van der Waals surface area (Å²) in [6.07, 6.45) is 1.90. The van der Waals surface area contributed by atoms with Crippen molar-refractivity contribution in [1.82, 2.24) is 14.7 Å². The third-order valence-electron chi connectivity index (χ3n) is 9.35. The lowest BCUT2D eigenvalue weighted by atomic mass is 9.93. The number of likely N-dealkylation sites (N-methyl/N-ethyl adjacent to an activating group) is 2. The molecule has 254 valence electrons. The fourth-order valence-corrected chi connectivity index (χ4v) is 7.02. The maximum absolute atomic E-state index is 14.2. The van der Waals surface area contributed by atoms with Crippen LogP contribution in [0.25, 0.3) is 16.7 Å². The molecule has 4 aromatic rings. The fourth-order valence-electron chi connectivity index (χ4n) is 6.64. The van der Waals surface area contributed by atoms with Gasteiger partial charge >= 0.3 is 0 Å². The van der Waals surface area contributed by atoms with Gasteiger partial charge in [-0.3, -0.25) is 9.48 Å². The molecular formula is C39H47Cl2N5O2. The largest absolute Gasteiger partial charge is 0.494 e. The number of hydrogen-bond donors (Lipinski definition) is 1. The molecule has 1 aliphatic carbocycles. The van der Waals surface area contributed by atoms with Crippen molar-refractivity contribution in [2.45, 2.75) is 53.9 Å². The minimum Gasteiger partial charge on any atom is -0.494 e. The Balaban J connectivity index is 1.46. The van der Waals surface area contributed by atoms with Gasteiger partial charge in [-0.15, -0.1) is 0 Å².